The monoisotopic (exact) mass is 309 g/mol. The molecule has 0 saturated heterocycles. The van der Waals surface area contributed by atoms with Crippen molar-refractivity contribution in [2.75, 3.05) is 13.1 Å². The van der Waals surface area contributed by atoms with E-state index in [1.807, 2.05) is 13.8 Å². The van der Waals surface area contributed by atoms with E-state index in [0.717, 1.165) is 18.9 Å². The maximum atomic E-state index is 12.3. The van der Waals surface area contributed by atoms with Crippen LogP contribution in [-0.2, 0) is 11.2 Å². The summed E-state index contributed by atoms with van der Waals surface area (Å²) in [6, 6.07) is 3.36. The normalized spacial score (nSPS) is 10.3. The molecule has 0 aliphatic heterocycles. The number of hydrogen-bond donors (Lipinski definition) is 0. The molecule has 0 saturated carbocycles. The SMILES string of the molecule is CCCN(CCC)C(=O)Cc1ccc([N+](=O)[O-])cc1[N+](=O)[O-]. The van der Waals surface area contributed by atoms with Crippen molar-refractivity contribution in [1.29, 1.82) is 0 Å². The minimum atomic E-state index is -0.695. The lowest BCUT2D eigenvalue weighted by Gasteiger charge is -2.21. The summed E-state index contributed by atoms with van der Waals surface area (Å²) in [6.45, 7) is 5.08. The third kappa shape index (κ3) is 4.51. The van der Waals surface area contributed by atoms with E-state index in [9.17, 15) is 25.0 Å². The number of carbonyl (C=O) groups is 1. The van der Waals surface area contributed by atoms with Gasteiger partial charge in [0, 0.05) is 24.7 Å². The summed E-state index contributed by atoms with van der Waals surface area (Å²) in [4.78, 5) is 34.3. The molecular weight excluding hydrogens is 290 g/mol. The van der Waals surface area contributed by atoms with Gasteiger partial charge < -0.3 is 4.90 Å². The highest BCUT2D eigenvalue weighted by atomic mass is 16.6. The van der Waals surface area contributed by atoms with Gasteiger partial charge in [-0.05, 0) is 18.9 Å². The maximum Gasteiger partial charge on any atom is 0.279 e. The maximum absolute atomic E-state index is 12.3. The van der Waals surface area contributed by atoms with Gasteiger partial charge in [0.25, 0.3) is 11.4 Å². The van der Waals surface area contributed by atoms with Crippen molar-refractivity contribution in [3.8, 4) is 0 Å². The summed E-state index contributed by atoms with van der Waals surface area (Å²) in [6.07, 6.45) is 1.47. The molecule has 0 spiro atoms. The van der Waals surface area contributed by atoms with E-state index < -0.39 is 15.5 Å². The van der Waals surface area contributed by atoms with Gasteiger partial charge in [-0.25, -0.2) is 0 Å². The number of amides is 1. The Morgan fingerprint density at radius 1 is 1.09 bits per heavy atom. The van der Waals surface area contributed by atoms with Crippen molar-refractivity contribution in [2.45, 2.75) is 33.1 Å². The van der Waals surface area contributed by atoms with Crippen LogP contribution in [0.25, 0.3) is 0 Å². The summed E-state index contributed by atoms with van der Waals surface area (Å²) in [5, 5.41) is 21.8. The molecule has 0 atom stereocenters. The number of nitro groups is 2. The van der Waals surface area contributed by atoms with E-state index in [2.05, 4.69) is 0 Å². The van der Waals surface area contributed by atoms with E-state index >= 15 is 0 Å². The van der Waals surface area contributed by atoms with Crippen molar-refractivity contribution in [1.82, 2.24) is 4.90 Å². The Hall–Kier alpha value is -2.51. The molecule has 1 amide bonds. The number of carbonyl (C=O) groups excluding carboxylic acids is 1. The average Bonchev–Trinajstić information content (AvgIpc) is 2.46. The van der Waals surface area contributed by atoms with Crippen molar-refractivity contribution < 1.29 is 14.6 Å². The Morgan fingerprint density at radius 2 is 1.68 bits per heavy atom. The minimum absolute atomic E-state index is 0.131. The topological polar surface area (TPSA) is 107 Å². The van der Waals surface area contributed by atoms with Crippen molar-refractivity contribution in [3.05, 3.63) is 44.0 Å². The van der Waals surface area contributed by atoms with Crippen LogP contribution in [0.3, 0.4) is 0 Å². The minimum Gasteiger partial charge on any atom is -0.342 e. The lowest BCUT2D eigenvalue weighted by Crippen LogP contribution is -2.33. The van der Waals surface area contributed by atoms with Crippen LogP contribution in [0.2, 0.25) is 0 Å². The Labute approximate surface area is 128 Å². The number of hydrogen-bond acceptors (Lipinski definition) is 5. The fourth-order valence-corrected chi connectivity index (χ4v) is 2.16. The van der Waals surface area contributed by atoms with Gasteiger partial charge in [0.05, 0.1) is 22.3 Å². The van der Waals surface area contributed by atoms with E-state index in [1.165, 1.54) is 12.1 Å². The zero-order valence-corrected chi connectivity index (χ0v) is 12.7. The quantitative estimate of drug-likeness (QED) is 0.542. The number of rotatable bonds is 8. The van der Waals surface area contributed by atoms with Crippen molar-refractivity contribution >= 4 is 17.3 Å². The molecule has 1 aromatic rings. The molecule has 8 nitrogen and oxygen atoms in total. The molecule has 120 valence electrons. The van der Waals surface area contributed by atoms with E-state index in [0.29, 0.717) is 13.1 Å². The second kappa shape index (κ2) is 8.06. The van der Waals surface area contributed by atoms with Gasteiger partial charge in [0.15, 0.2) is 0 Å². The van der Waals surface area contributed by atoms with Crippen molar-refractivity contribution in [2.24, 2.45) is 0 Å². The molecule has 0 N–H and O–H groups in total. The Balaban J connectivity index is 3.03. The predicted octanol–water partition coefficient (Wildman–Crippen LogP) is 2.69. The molecule has 0 radical (unpaired) electrons. The fraction of sp³-hybridized carbons (Fsp3) is 0.500. The predicted molar refractivity (Wildman–Crippen MR) is 80.6 cm³/mol. The highest BCUT2D eigenvalue weighted by Gasteiger charge is 2.22. The standard InChI is InChI=1S/C14H19N3O5/c1-3-7-15(8-4-2)14(18)9-11-5-6-12(16(19)20)10-13(11)17(21)22/h5-6,10H,3-4,7-9H2,1-2H3. The third-order valence-corrected chi connectivity index (χ3v) is 3.16. The summed E-state index contributed by atoms with van der Waals surface area (Å²) in [5.74, 6) is -0.208. The van der Waals surface area contributed by atoms with Crippen LogP contribution in [0.4, 0.5) is 11.4 Å². The second-order valence-corrected chi connectivity index (χ2v) is 4.88. The first-order valence-electron chi connectivity index (χ1n) is 7.10. The van der Waals surface area contributed by atoms with Crippen LogP contribution in [0.1, 0.15) is 32.3 Å². The molecule has 1 rings (SSSR count). The molecule has 0 aromatic heterocycles. The largest absolute Gasteiger partial charge is 0.342 e. The summed E-state index contributed by atoms with van der Waals surface area (Å²) >= 11 is 0. The number of benzene rings is 1. The van der Waals surface area contributed by atoms with Gasteiger partial charge in [0.1, 0.15) is 0 Å². The lowest BCUT2D eigenvalue weighted by atomic mass is 10.1. The molecule has 8 heteroatoms. The smallest absolute Gasteiger partial charge is 0.279 e. The van der Waals surface area contributed by atoms with Crippen molar-refractivity contribution in [3.63, 3.8) is 0 Å². The average molecular weight is 309 g/mol. The molecule has 0 heterocycles. The van der Waals surface area contributed by atoms with Crippen LogP contribution in [0.5, 0.6) is 0 Å². The molecular formula is C14H19N3O5. The number of non-ortho nitro benzene ring substituents is 1. The summed E-state index contributed by atoms with van der Waals surface area (Å²) < 4.78 is 0. The first kappa shape index (κ1) is 17.5. The van der Waals surface area contributed by atoms with E-state index in [-0.39, 0.29) is 23.6 Å². The fourth-order valence-electron chi connectivity index (χ4n) is 2.16. The van der Waals surface area contributed by atoms with Gasteiger partial charge in [-0.1, -0.05) is 13.8 Å². The van der Waals surface area contributed by atoms with E-state index in [1.54, 1.807) is 4.90 Å². The highest BCUT2D eigenvalue weighted by molar-refractivity contribution is 5.80. The van der Waals surface area contributed by atoms with Gasteiger partial charge in [-0.15, -0.1) is 0 Å². The summed E-state index contributed by atoms with van der Waals surface area (Å²) in [7, 11) is 0. The van der Waals surface area contributed by atoms with Gasteiger partial charge >= 0.3 is 0 Å². The van der Waals surface area contributed by atoms with Crippen LogP contribution >= 0.6 is 0 Å². The number of nitrogens with zero attached hydrogens (tertiary/aromatic N) is 3. The van der Waals surface area contributed by atoms with Crippen LogP contribution in [-0.4, -0.2) is 33.7 Å². The third-order valence-electron chi connectivity index (χ3n) is 3.16. The molecule has 0 bridgehead atoms. The van der Waals surface area contributed by atoms with Gasteiger partial charge in [-0.3, -0.25) is 25.0 Å². The highest BCUT2D eigenvalue weighted by Crippen LogP contribution is 2.25. The van der Waals surface area contributed by atoms with Gasteiger partial charge in [-0.2, -0.15) is 0 Å². The molecule has 0 aliphatic rings. The van der Waals surface area contributed by atoms with Crippen LogP contribution < -0.4 is 0 Å². The Bertz CT molecular complexity index is 568. The lowest BCUT2D eigenvalue weighted by molar-refractivity contribution is -0.394. The molecule has 22 heavy (non-hydrogen) atoms. The first-order valence-corrected chi connectivity index (χ1v) is 7.10. The van der Waals surface area contributed by atoms with Crippen LogP contribution in [0.15, 0.2) is 18.2 Å². The van der Waals surface area contributed by atoms with Gasteiger partial charge in [0.2, 0.25) is 5.91 Å². The Kier molecular flexibility index (Phi) is 6.43. The molecule has 0 aliphatic carbocycles. The summed E-state index contributed by atoms with van der Waals surface area (Å²) in [5.41, 5.74) is -0.560. The van der Waals surface area contributed by atoms with Crippen LogP contribution in [0, 0.1) is 20.2 Å². The molecule has 1 aromatic carbocycles. The van der Waals surface area contributed by atoms with E-state index in [4.69, 9.17) is 0 Å². The second-order valence-electron chi connectivity index (χ2n) is 4.88. The molecule has 0 unspecified atom stereocenters. The Morgan fingerprint density at radius 3 is 2.14 bits per heavy atom. The zero-order chi connectivity index (χ0) is 16.7. The zero-order valence-electron chi connectivity index (χ0n) is 12.7. The number of nitro benzene ring substituents is 2. The first-order chi connectivity index (χ1) is 10.4. The molecule has 0 fully saturated rings.